The topological polar surface area (TPSA) is 78.4 Å². The third-order valence-corrected chi connectivity index (χ3v) is 3.02. The Bertz CT molecular complexity index is 617. The van der Waals surface area contributed by atoms with Crippen LogP contribution in [0.4, 0.5) is 5.69 Å². The first-order chi connectivity index (χ1) is 9.11. The molecule has 0 aromatic heterocycles. The molecule has 2 aromatic carbocycles. The van der Waals surface area contributed by atoms with Crippen LogP contribution in [0.25, 0.3) is 0 Å². The number of halogens is 1. The first-order valence-electron chi connectivity index (χ1n) is 5.51. The highest BCUT2D eigenvalue weighted by Gasteiger charge is 2.17. The third-order valence-electron chi connectivity index (χ3n) is 2.53. The van der Waals surface area contributed by atoms with Crippen molar-refractivity contribution in [1.82, 2.24) is 0 Å². The Balaban J connectivity index is 2.41. The molecule has 6 heteroatoms. The van der Waals surface area contributed by atoms with Crippen molar-refractivity contribution in [2.45, 2.75) is 6.54 Å². The van der Waals surface area contributed by atoms with E-state index in [2.05, 4.69) is 15.9 Å². The van der Waals surface area contributed by atoms with Crippen molar-refractivity contribution in [3.63, 3.8) is 0 Å². The lowest BCUT2D eigenvalue weighted by Crippen LogP contribution is -2.00. The number of benzene rings is 2. The van der Waals surface area contributed by atoms with Crippen molar-refractivity contribution in [3.8, 4) is 11.5 Å². The molecule has 0 spiro atoms. The molecule has 0 heterocycles. The van der Waals surface area contributed by atoms with Crippen molar-refractivity contribution in [2.75, 3.05) is 0 Å². The third kappa shape index (κ3) is 3.10. The largest absolute Gasteiger partial charge is 0.450 e. The monoisotopic (exact) mass is 322 g/mol. The molecule has 0 aliphatic rings. The van der Waals surface area contributed by atoms with E-state index in [1.165, 1.54) is 6.07 Å². The molecule has 0 aliphatic carbocycles. The lowest BCUT2D eigenvalue weighted by molar-refractivity contribution is -0.385. The number of para-hydroxylation sites is 1. The summed E-state index contributed by atoms with van der Waals surface area (Å²) in [6.45, 7) is 0.306. The summed E-state index contributed by atoms with van der Waals surface area (Å²) >= 11 is 3.20. The van der Waals surface area contributed by atoms with Crippen LogP contribution in [-0.4, -0.2) is 4.92 Å². The maximum absolute atomic E-state index is 11.0. The molecule has 0 unspecified atom stereocenters. The van der Waals surface area contributed by atoms with Crippen LogP contribution in [0.5, 0.6) is 11.5 Å². The fraction of sp³-hybridized carbons (Fsp3) is 0.0769. The fourth-order valence-electron chi connectivity index (χ4n) is 1.61. The van der Waals surface area contributed by atoms with Crippen LogP contribution in [0.15, 0.2) is 46.9 Å². The molecular formula is C13H11BrN2O3. The second-order valence-electron chi connectivity index (χ2n) is 3.78. The van der Waals surface area contributed by atoms with Crippen molar-refractivity contribution in [2.24, 2.45) is 5.73 Å². The Kier molecular flexibility index (Phi) is 4.13. The summed E-state index contributed by atoms with van der Waals surface area (Å²) in [4.78, 5) is 10.5. The quantitative estimate of drug-likeness (QED) is 0.689. The fourth-order valence-corrected chi connectivity index (χ4v) is 1.96. The van der Waals surface area contributed by atoms with Crippen LogP contribution in [0.2, 0.25) is 0 Å². The van der Waals surface area contributed by atoms with Gasteiger partial charge in [0.1, 0.15) is 5.75 Å². The van der Waals surface area contributed by atoms with E-state index in [1.54, 1.807) is 24.3 Å². The Hall–Kier alpha value is -1.92. The SMILES string of the molecule is NCc1ccccc1Oc1ccc(Br)cc1[N+](=O)[O-]. The zero-order valence-electron chi connectivity index (χ0n) is 9.88. The molecule has 0 saturated carbocycles. The molecule has 0 fully saturated rings. The molecule has 0 aliphatic heterocycles. The molecule has 0 bridgehead atoms. The highest BCUT2D eigenvalue weighted by Crippen LogP contribution is 2.34. The second kappa shape index (κ2) is 5.81. The van der Waals surface area contributed by atoms with Crippen LogP contribution < -0.4 is 10.5 Å². The van der Waals surface area contributed by atoms with Gasteiger partial charge >= 0.3 is 5.69 Å². The molecule has 2 N–H and O–H groups in total. The van der Waals surface area contributed by atoms with E-state index in [1.807, 2.05) is 12.1 Å². The molecule has 5 nitrogen and oxygen atoms in total. The van der Waals surface area contributed by atoms with Crippen LogP contribution in [-0.2, 0) is 6.54 Å². The van der Waals surface area contributed by atoms with Crippen molar-refractivity contribution in [3.05, 3.63) is 62.6 Å². The van der Waals surface area contributed by atoms with E-state index < -0.39 is 4.92 Å². The second-order valence-corrected chi connectivity index (χ2v) is 4.70. The first-order valence-corrected chi connectivity index (χ1v) is 6.31. The molecular weight excluding hydrogens is 312 g/mol. The molecule has 98 valence electrons. The Morgan fingerprint density at radius 1 is 1.21 bits per heavy atom. The molecule has 0 atom stereocenters. The molecule has 0 radical (unpaired) electrons. The van der Waals surface area contributed by atoms with E-state index in [-0.39, 0.29) is 11.4 Å². The number of ether oxygens (including phenoxy) is 1. The van der Waals surface area contributed by atoms with Gasteiger partial charge in [0.05, 0.1) is 4.92 Å². The van der Waals surface area contributed by atoms with Gasteiger partial charge in [0.25, 0.3) is 0 Å². The van der Waals surface area contributed by atoms with E-state index >= 15 is 0 Å². The zero-order valence-corrected chi connectivity index (χ0v) is 11.5. The predicted octanol–water partition coefficient (Wildman–Crippen LogP) is 3.61. The summed E-state index contributed by atoms with van der Waals surface area (Å²) in [5.41, 5.74) is 6.30. The van der Waals surface area contributed by atoms with Crippen LogP contribution in [0.1, 0.15) is 5.56 Å². The lowest BCUT2D eigenvalue weighted by Gasteiger charge is -2.10. The van der Waals surface area contributed by atoms with Gasteiger partial charge in [-0.25, -0.2) is 0 Å². The van der Waals surface area contributed by atoms with Crippen molar-refractivity contribution < 1.29 is 9.66 Å². The number of nitro benzene ring substituents is 1. The Labute approximate surface area is 118 Å². The van der Waals surface area contributed by atoms with Gasteiger partial charge in [-0.1, -0.05) is 34.1 Å². The Morgan fingerprint density at radius 3 is 2.63 bits per heavy atom. The number of nitrogens with two attached hydrogens (primary N) is 1. The average Bonchev–Trinajstić information content (AvgIpc) is 2.41. The molecule has 0 amide bonds. The van der Waals surface area contributed by atoms with Crippen LogP contribution in [0.3, 0.4) is 0 Å². The summed E-state index contributed by atoms with van der Waals surface area (Å²) in [5.74, 6) is 0.713. The van der Waals surface area contributed by atoms with Gasteiger partial charge in [0.2, 0.25) is 5.75 Å². The standard InChI is InChI=1S/C13H11BrN2O3/c14-10-5-6-13(11(7-10)16(17)18)19-12-4-2-1-3-9(12)8-15/h1-7H,8,15H2. The molecule has 2 rings (SSSR count). The highest BCUT2D eigenvalue weighted by atomic mass is 79.9. The van der Waals surface area contributed by atoms with Crippen LogP contribution >= 0.6 is 15.9 Å². The molecule has 2 aromatic rings. The lowest BCUT2D eigenvalue weighted by atomic mass is 10.2. The van der Waals surface area contributed by atoms with Gasteiger partial charge in [-0.2, -0.15) is 0 Å². The van der Waals surface area contributed by atoms with Gasteiger partial charge in [-0.05, 0) is 18.2 Å². The minimum atomic E-state index is -0.481. The summed E-state index contributed by atoms with van der Waals surface area (Å²) in [6.07, 6.45) is 0. The predicted molar refractivity (Wildman–Crippen MR) is 75.2 cm³/mol. The average molecular weight is 323 g/mol. The van der Waals surface area contributed by atoms with Gasteiger partial charge in [-0.15, -0.1) is 0 Å². The number of hydrogen-bond donors (Lipinski definition) is 1. The maximum atomic E-state index is 11.0. The van der Waals surface area contributed by atoms with Crippen LogP contribution in [0, 0.1) is 10.1 Å². The number of nitrogens with zero attached hydrogens (tertiary/aromatic N) is 1. The molecule has 0 saturated heterocycles. The number of hydrogen-bond acceptors (Lipinski definition) is 4. The smallest absolute Gasteiger partial charge is 0.312 e. The van der Waals surface area contributed by atoms with Crippen molar-refractivity contribution in [1.29, 1.82) is 0 Å². The number of nitro groups is 1. The summed E-state index contributed by atoms with van der Waals surface area (Å²) < 4.78 is 6.23. The van der Waals surface area contributed by atoms with E-state index in [9.17, 15) is 10.1 Å². The van der Waals surface area contributed by atoms with E-state index in [4.69, 9.17) is 10.5 Å². The normalized spacial score (nSPS) is 10.2. The van der Waals surface area contributed by atoms with Gasteiger partial charge in [0.15, 0.2) is 0 Å². The summed E-state index contributed by atoms with van der Waals surface area (Å²) in [6, 6.07) is 11.8. The minimum absolute atomic E-state index is 0.0961. The first kappa shape index (κ1) is 13.5. The highest BCUT2D eigenvalue weighted by molar-refractivity contribution is 9.10. The van der Waals surface area contributed by atoms with Crippen molar-refractivity contribution >= 4 is 21.6 Å². The minimum Gasteiger partial charge on any atom is -0.450 e. The summed E-state index contributed by atoms with van der Waals surface area (Å²) in [7, 11) is 0. The molecule has 19 heavy (non-hydrogen) atoms. The van der Waals surface area contributed by atoms with Gasteiger partial charge in [0, 0.05) is 22.6 Å². The maximum Gasteiger partial charge on any atom is 0.312 e. The van der Waals surface area contributed by atoms with E-state index in [0.29, 0.717) is 16.8 Å². The van der Waals surface area contributed by atoms with Gasteiger partial charge in [-0.3, -0.25) is 10.1 Å². The Morgan fingerprint density at radius 2 is 1.95 bits per heavy atom. The number of rotatable bonds is 4. The zero-order chi connectivity index (χ0) is 13.8. The van der Waals surface area contributed by atoms with E-state index in [0.717, 1.165) is 5.56 Å². The summed E-state index contributed by atoms with van der Waals surface area (Å²) in [5, 5.41) is 11.0. The van der Waals surface area contributed by atoms with Gasteiger partial charge < -0.3 is 10.5 Å².